The fourth-order valence-electron chi connectivity index (χ4n) is 4.00. The van der Waals surface area contributed by atoms with Crippen LogP contribution in [0.25, 0.3) is 0 Å². The van der Waals surface area contributed by atoms with Gasteiger partial charge in [0.05, 0.1) is 0 Å². The summed E-state index contributed by atoms with van der Waals surface area (Å²) in [5, 5.41) is 0. The van der Waals surface area contributed by atoms with Gasteiger partial charge in [0.25, 0.3) is 0 Å². The minimum Gasteiger partial charge on any atom is -0.355 e. The van der Waals surface area contributed by atoms with Crippen molar-refractivity contribution in [1.82, 2.24) is 19.8 Å². The quantitative estimate of drug-likeness (QED) is 0.747. The van der Waals surface area contributed by atoms with Gasteiger partial charge in [0.15, 0.2) is 6.29 Å². The molecule has 3 aliphatic rings. The molecule has 10 heteroatoms. The van der Waals surface area contributed by atoms with Crippen molar-refractivity contribution in [3.05, 3.63) is 29.9 Å². The molecule has 0 radical (unpaired) electrons. The summed E-state index contributed by atoms with van der Waals surface area (Å²) in [6.45, 7) is 4.24. The summed E-state index contributed by atoms with van der Waals surface area (Å²) in [7, 11) is 0. The van der Waals surface area contributed by atoms with Gasteiger partial charge < -0.3 is 4.90 Å². The van der Waals surface area contributed by atoms with Crippen LogP contribution in [0.1, 0.15) is 17.9 Å². The number of aliphatic imine (C=N–C) groups is 1. The van der Waals surface area contributed by atoms with E-state index >= 15 is 0 Å². The molecule has 4 heterocycles. The van der Waals surface area contributed by atoms with E-state index < -0.39 is 11.9 Å². The molecule has 0 aromatic carbocycles. The molecule has 0 bridgehead atoms. The molecular formula is C17H19F3N6O. The summed E-state index contributed by atoms with van der Waals surface area (Å²) in [4.78, 5) is 28.7. The van der Waals surface area contributed by atoms with Crippen LogP contribution in [-0.4, -0.2) is 64.9 Å². The number of carbonyl (C=O) groups excluding carboxylic acids is 1. The summed E-state index contributed by atoms with van der Waals surface area (Å²) < 4.78 is 39.0. The molecule has 27 heavy (non-hydrogen) atoms. The number of alkyl halides is 3. The zero-order chi connectivity index (χ0) is 19.2. The van der Waals surface area contributed by atoms with Gasteiger partial charge in [0, 0.05) is 50.1 Å². The average Bonchev–Trinajstić information content (AvgIpc) is 3.04. The SMILES string of the molecule is Cc1nc(N2CC3(CCN(C4N=CC=CN4C=O)C3)C2)cc(C(F)(F)F)n1. The second-order valence-corrected chi connectivity index (χ2v) is 7.27. The number of aromatic nitrogens is 2. The van der Waals surface area contributed by atoms with Crippen LogP contribution in [0, 0.1) is 12.3 Å². The van der Waals surface area contributed by atoms with Crippen LogP contribution in [0.15, 0.2) is 23.3 Å². The zero-order valence-corrected chi connectivity index (χ0v) is 14.7. The maximum Gasteiger partial charge on any atom is 0.433 e. The molecule has 1 aromatic heterocycles. The molecule has 2 saturated heterocycles. The highest BCUT2D eigenvalue weighted by Crippen LogP contribution is 2.43. The number of amides is 1. The number of hydrogen-bond donors (Lipinski definition) is 0. The van der Waals surface area contributed by atoms with Gasteiger partial charge in [-0.05, 0) is 19.4 Å². The van der Waals surface area contributed by atoms with Crippen LogP contribution in [0.5, 0.6) is 0 Å². The van der Waals surface area contributed by atoms with E-state index in [2.05, 4.69) is 19.9 Å². The summed E-state index contributed by atoms with van der Waals surface area (Å²) in [5.74, 6) is 0.422. The van der Waals surface area contributed by atoms with Gasteiger partial charge in [-0.3, -0.25) is 19.6 Å². The Labute approximate surface area is 154 Å². The molecule has 0 N–H and O–H groups in total. The van der Waals surface area contributed by atoms with Crippen LogP contribution >= 0.6 is 0 Å². The Morgan fingerprint density at radius 3 is 2.74 bits per heavy atom. The molecule has 1 atom stereocenters. The van der Waals surface area contributed by atoms with E-state index in [9.17, 15) is 18.0 Å². The van der Waals surface area contributed by atoms with Crippen molar-refractivity contribution in [3.63, 3.8) is 0 Å². The van der Waals surface area contributed by atoms with Crippen LogP contribution in [-0.2, 0) is 11.0 Å². The first-order valence-electron chi connectivity index (χ1n) is 8.64. The molecule has 3 aliphatic heterocycles. The van der Waals surface area contributed by atoms with Gasteiger partial charge in [0.1, 0.15) is 17.3 Å². The summed E-state index contributed by atoms with van der Waals surface area (Å²) >= 11 is 0. The third-order valence-electron chi connectivity index (χ3n) is 5.24. The number of halogens is 3. The van der Waals surface area contributed by atoms with E-state index in [0.717, 1.165) is 32.0 Å². The molecule has 1 amide bonds. The van der Waals surface area contributed by atoms with Gasteiger partial charge >= 0.3 is 6.18 Å². The predicted octanol–water partition coefficient (Wildman–Crippen LogP) is 1.66. The monoisotopic (exact) mass is 380 g/mol. The third kappa shape index (κ3) is 3.29. The lowest BCUT2D eigenvalue weighted by Gasteiger charge is -2.49. The van der Waals surface area contributed by atoms with Gasteiger partial charge in [0.2, 0.25) is 6.41 Å². The van der Waals surface area contributed by atoms with Crippen molar-refractivity contribution in [2.24, 2.45) is 10.4 Å². The Bertz CT molecular complexity index is 802. The number of allylic oxidation sites excluding steroid dienone is 1. The third-order valence-corrected chi connectivity index (χ3v) is 5.24. The van der Waals surface area contributed by atoms with E-state index in [1.165, 1.54) is 11.8 Å². The molecule has 1 spiro atoms. The van der Waals surface area contributed by atoms with E-state index in [4.69, 9.17) is 0 Å². The Morgan fingerprint density at radius 2 is 2.04 bits per heavy atom. The minimum absolute atomic E-state index is 0.0114. The van der Waals surface area contributed by atoms with Crippen LogP contribution < -0.4 is 4.90 Å². The Balaban J connectivity index is 1.44. The summed E-state index contributed by atoms with van der Waals surface area (Å²) in [6, 6.07) is 1.01. The Hall–Kier alpha value is -2.49. The predicted molar refractivity (Wildman–Crippen MR) is 91.9 cm³/mol. The summed E-state index contributed by atoms with van der Waals surface area (Å²) in [6.07, 6.45) is 1.88. The number of likely N-dealkylation sites (tertiary alicyclic amines) is 1. The number of rotatable bonds is 3. The number of anilines is 1. The number of carbonyl (C=O) groups is 1. The number of aryl methyl sites for hydroxylation is 1. The largest absolute Gasteiger partial charge is 0.433 e. The molecule has 7 nitrogen and oxygen atoms in total. The van der Waals surface area contributed by atoms with Crippen LogP contribution in [0.3, 0.4) is 0 Å². The highest BCUT2D eigenvalue weighted by molar-refractivity contribution is 5.73. The first kappa shape index (κ1) is 17.9. The molecular weight excluding hydrogens is 361 g/mol. The van der Waals surface area contributed by atoms with E-state index in [1.807, 2.05) is 4.90 Å². The fourth-order valence-corrected chi connectivity index (χ4v) is 4.00. The molecule has 144 valence electrons. The minimum atomic E-state index is -4.49. The van der Waals surface area contributed by atoms with E-state index in [1.54, 1.807) is 18.5 Å². The van der Waals surface area contributed by atoms with Crippen molar-refractivity contribution < 1.29 is 18.0 Å². The lowest BCUT2D eigenvalue weighted by atomic mass is 9.79. The Morgan fingerprint density at radius 1 is 1.26 bits per heavy atom. The second-order valence-electron chi connectivity index (χ2n) is 7.27. The van der Waals surface area contributed by atoms with Gasteiger partial charge in [-0.1, -0.05) is 0 Å². The smallest absolute Gasteiger partial charge is 0.355 e. The van der Waals surface area contributed by atoms with Crippen molar-refractivity contribution in [3.8, 4) is 0 Å². The molecule has 2 fully saturated rings. The number of hydrogen-bond acceptors (Lipinski definition) is 6. The Kier molecular flexibility index (Phi) is 4.17. The summed E-state index contributed by atoms with van der Waals surface area (Å²) in [5.41, 5.74) is -0.924. The first-order chi connectivity index (χ1) is 12.8. The van der Waals surface area contributed by atoms with Crippen molar-refractivity contribution in [1.29, 1.82) is 0 Å². The number of nitrogens with zero attached hydrogens (tertiary/aromatic N) is 6. The lowest BCUT2D eigenvalue weighted by molar-refractivity contribution is -0.141. The van der Waals surface area contributed by atoms with Crippen molar-refractivity contribution in [2.75, 3.05) is 31.1 Å². The first-order valence-corrected chi connectivity index (χ1v) is 8.64. The second kappa shape index (κ2) is 6.29. The maximum absolute atomic E-state index is 13.0. The normalized spacial score (nSPS) is 24.5. The van der Waals surface area contributed by atoms with Crippen LogP contribution in [0.2, 0.25) is 0 Å². The van der Waals surface area contributed by atoms with Gasteiger partial charge in [-0.25, -0.2) is 9.97 Å². The highest BCUT2D eigenvalue weighted by Gasteiger charge is 2.50. The highest BCUT2D eigenvalue weighted by atomic mass is 19.4. The van der Waals surface area contributed by atoms with E-state index in [0.29, 0.717) is 18.9 Å². The molecule has 4 rings (SSSR count). The fraction of sp³-hybridized carbons (Fsp3) is 0.529. The van der Waals surface area contributed by atoms with Gasteiger partial charge in [-0.15, -0.1) is 0 Å². The molecule has 1 aromatic rings. The lowest BCUT2D eigenvalue weighted by Crippen LogP contribution is -2.59. The van der Waals surface area contributed by atoms with E-state index in [-0.39, 0.29) is 17.5 Å². The van der Waals surface area contributed by atoms with Crippen molar-refractivity contribution in [2.45, 2.75) is 25.8 Å². The van der Waals surface area contributed by atoms with Crippen molar-refractivity contribution >= 4 is 18.4 Å². The van der Waals surface area contributed by atoms with Gasteiger partial charge in [-0.2, -0.15) is 13.2 Å². The average molecular weight is 380 g/mol. The topological polar surface area (TPSA) is 64.9 Å². The molecule has 1 unspecified atom stereocenters. The molecule has 0 saturated carbocycles. The standard InChI is InChI=1S/C17H19F3N6O/c1-12-22-13(17(18,19)20)7-14(23-12)26-9-16(10-26)3-6-24(8-16)15-21-4-2-5-25(15)11-27/h2,4-5,7,11,15H,3,6,8-10H2,1H3. The zero-order valence-electron chi connectivity index (χ0n) is 14.7. The van der Waals surface area contributed by atoms with Crippen LogP contribution in [0.4, 0.5) is 19.0 Å². The molecule has 0 aliphatic carbocycles. The maximum atomic E-state index is 13.0.